The Labute approximate surface area is 122 Å². The van der Waals surface area contributed by atoms with Gasteiger partial charge >= 0.3 is 12.1 Å². The van der Waals surface area contributed by atoms with Crippen molar-refractivity contribution >= 4 is 24.0 Å². The molecule has 2 N–H and O–H groups in total. The standard InChI is InChI=1S/C14H17N3O4/c1-21-14(20)16-11-6-8-17(9-11)13-10(3-2-7-15-13)4-5-12(18)19/h2-5,7,11H,6,8-9H2,1H3,(H,16,20)(H,18,19)/b5-4+. The van der Waals surface area contributed by atoms with Gasteiger partial charge in [-0.2, -0.15) is 0 Å². The lowest BCUT2D eigenvalue weighted by Crippen LogP contribution is -2.37. The number of carboxylic acid groups (broad SMARTS) is 1. The topological polar surface area (TPSA) is 91.8 Å². The molecule has 2 heterocycles. The molecule has 1 unspecified atom stereocenters. The summed E-state index contributed by atoms with van der Waals surface area (Å²) in [7, 11) is 1.33. The maximum absolute atomic E-state index is 11.2. The van der Waals surface area contributed by atoms with Crippen LogP contribution in [0.4, 0.5) is 10.6 Å². The Morgan fingerprint density at radius 1 is 1.57 bits per heavy atom. The number of hydrogen-bond acceptors (Lipinski definition) is 5. The Morgan fingerprint density at radius 2 is 2.38 bits per heavy atom. The minimum Gasteiger partial charge on any atom is -0.478 e. The van der Waals surface area contributed by atoms with Crippen molar-refractivity contribution in [3.63, 3.8) is 0 Å². The van der Waals surface area contributed by atoms with Gasteiger partial charge in [0.05, 0.1) is 13.2 Å². The van der Waals surface area contributed by atoms with Crippen molar-refractivity contribution in [2.45, 2.75) is 12.5 Å². The molecule has 1 saturated heterocycles. The number of hydrogen-bond donors (Lipinski definition) is 2. The zero-order chi connectivity index (χ0) is 15.2. The lowest BCUT2D eigenvalue weighted by atomic mass is 10.2. The molecule has 1 aliphatic rings. The van der Waals surface area contributed by atoms with Gasteiger partial charge in [-0.05, 0) is 24.6 Å². The zero-order valence-corrected chi connectivity index (χ0v) is 11.7. The third-order valence-electron chi connectivity index (χ3n) is 3.22. The summed E-state index contributed by atoms with van der Waals surface area (Å²) in [5.41, 5.74) is 0.735. The number of methoxy groups -OCH3 is 1. The van der Waals surface area contributed by atoms with Crippen molar-refractivity contribution in [3.05, 3.63) is 30.0 Å². The van der Waals surface area contributed by atoms with Crippen LogP contribution < -0.4 is 10.2 Å². The molecule has 1 fully saturated rings. The van der Waals surface area contributed by atoms with Crippen LogP contribution in [0.5, 0.6) is 0 Å². The monoisotopic (exact) mass is 291 g/mol. The molecule has 1 aromatic rings. The predicted molar refractivity (Wildman–Crippen MR) is 77.1 cm³/mol. The fourth-order valence-corrected chi connectivity index (χ4v) is 2.26. The van der Waals surface area contributed by atoms with Gasteiger partial charge < -0.3 is 20.1 Å². The summed E-state index contributed by atoms with van der Waals surface area (Å²) in [5, 5.41) is 11.5. The molecule has 7 heteroatoms. The van der Waals surface area contributed by atoms with Crippen LogP contribution in [-0.2, 0) is 9.53 Å². The molecular weight excluding hydrogens is 274 g/mol. The van der Waals surface area contributed by atoms with Crippen molar-refractivity contribution in [2.24, 2.45) is 0 Å². The summed E-state index contributed by atoms with van der Waals surface area (Å²) in [6.07, 6.45) is 4.60. The summed E-state index contributed by atoms with van der Waals surface area (Å²) < 4.78 is 4.58. The second-order valence-electron chi connectivity index (χ2n) is 4.66. The van der Waals surface area contributed by atoms with E-state index in [1.165, 1.54) is 13.2 Å². The number of rotatable bonds is 4. The van der Waals surface area contributed by atoms with Crippen LogP contribution in [0.2, 0.25) is 0 Å². The van der Waals surface area contributed by atoms with E-state index in [4.69, 9.17) is 5.11 Å². The molecule has 0 spiro atoms. The Kier molecular flexibility index (Phi) is 4.76. The van der Waals surface area contributed by atoms with Crippen LogP contribution in [0.15, 0.2) is 24.4 Å². The number of amides is 1. The number of anilines is 1. The molecule has 1 atom stereocenters. The molecule has 7 nitrogen and oxygen atoms in total. The van der Waals surface area contributed by atoms with Gasteiger partial charge in [0.25, 0.3) is 0 Å². The highest BCUT2D eigenvalue weighted by Gasteiger charge is 2.26. The van der Waals surface area contributed by atoms with E-state index in [2.05, 4.69) is 15.0 Å². The second-order valence-corrected chi connectivity index (χ2v) is 4.66. The summed E-state index contributed by atoms with van der Waals surface area (Å²) in [6.45, 7) is 1.35. The molecule has 0 bridgehead atoms. The van der Waals surface area contributed by atoms with E-state index in [0.29, 0.717) is 12.4 Å². The third kappa shape index (κ3) is 3.95. The van der Waals surface area contributed by atoms with Gasteiger partial charge in [-0.25, -0.2) is 14.6 Å². The largest absolute Gasteiger partial charge is 0.478 e. The van der Waals surface area contributed by atoms with Crippen molar-refractivity contribution in [1.29, 1.82) is 0 Å². The fraction of sp³-hybridized carbons (Fsp3) is 0.357. The number of ether oxygens (including phenoxy) is 1. The zero-order valence-electron chi connectivity index (χ0n) is 11.7. The number of carboxylic acids is 1. The first-order valence-electron chi connectivity index (χ1n) is 6.55. The first kappa shape index (κ1) is 14.8. The van der Waals surface area contributed by atoms with Gasteiger partial charge in [-0.1, -0.05) is 0 Å². The van der Waals surface area contributed by atoms with Gasteiger partial charge in [0.1, 0.15) is 5.82 Å². The Balaban J connectivity index is 2.09. The first-order valence-corrected chi connectivity index (χ1v) is 6.55. The number of nitrogens with one attached hydrogen (secondary N) is 1. The minimum absolute atomic E-state index is 0.00393. The molecule has 1 aliphatic heterocycles. The minimum atomic E-state index is -1.00. The molecule has 0 aromatic carbocycles. The lowest BCUT2D eigenvalue weighted by Gasteiger charge is -2.19. The van der Waals surface area contributed by atoms with Crippen molar-refractivity contribution < 1.29 is 19.4 Å². The van der Waals surface area contributed by atoms with Crippen LogP contribution in [0.3, 0.4) is 0 Å². The van der Waals surface area contributed by atoms with Crippen LogP contribution in [0, 0.1) is 0 Å². The smallest absolute Gasteiger partial charge is 0.407 e. The van der Waals surface area contributed by atoms with Crippen LogP contribution in [0.1, 0.15) is 12.0 Å². The molecule has 0 aliphatic carbocycles. The first-order chi connectivity index (χ1) is 10.1. The van der Waals surface area contributed by atoms with E-state index >= 15 is 0 Å². The Hall–Kier alpha value is -2.57. The number of aromatic nitrogens is 1. The third-order valence-corrected chi connectivity index (χ3v) is 3.22. The van der Waals surface area contributed by atoms with Crippen LogP contribution in [-0.4, -0.2) is 48.4 Å². The lowest BCUT2D eigenvalue weighted by molar-refractivity contribution is -0.131. The van der Waals surface area contributed by atoms with E-state index in [1.54, 1.807) is 12.3 Å². The van der Waals surface area contributed by atoms with Gasteiger partial charge in [-0.15, -0.1) is 0 Å². The van der Waals surface area contributed by atoms with Gasteiger partial charge in [0.2, 0.25) is 0 Å². The van der Waals surface area contributed by atoms with Crippen LogP contribution >= 0.6 is 0 Å². The van der Waals surface area contributed by atoms with Crippen molar-refractivity contribution in [1.82, 2.24) is 10.3 Å². The Bertz CT molecular complexity index is 559. The van der Waals surface area contributed by atoms with Gasteiger partial charge in [0, 0.05) is 30.9 Å². The number of pyridine rings is 1. The van der Waals surface area contributed by atoms with E-state index in [0.717, 1.165) is 24.6 Å². The average Bonchev–Trinajstić information content (AvgIpc) is 2.93. The van der Waals surface area contributed by atoms with E-state index in [1.807, 2.05) is 11.0 Å². The predicted octanol–water partition coefficient (Wildman–Crippen LogP) is 1.11. The summed E-state index contributed by atoms with van der Waals surface area (Å²) in [5.74, 6) is -0.291. The maximum Gasteiger partial charge on any atom is 0.407 e. The van der Waals surface area contributed by atoms with Gasteiger partial charge in [-0.3, -0.25) is 0 Å². The summed E-state index contributed by atoms with van der Waals surface area (Å²) >= 11 is 0. The van der Waals surface area contributed by atoms with Crippen LogP contribution in [0.25, 0.3) is 6.08 Å². The number of carbonyl (C=O) groups excluding carboxylic acids is 1. The number of nitrogens with zero attached hydrogens (tertiary/aromatic N) is 2. The Morgan fingerprint density at radius 3 is 3.10 bits per heavy atom. The number of aliphatic carboxylic acids is 1. The summed E-state index contributed by atoms with van der Waals surface area (Å²) in [6, 6.07) is 3.56. The highest BCUT2D eigenvalue weighted by Crippen LogP contribution is 2.23. The molecule has 0 saturated carbocycles. The highest BCUT2D eigenvalue weighted by molar-refractivity contribution is 5.86. The SMILES string of the molecule is COC(=O)NC1CCN(c2ncccc2/C=C/C(=O)O)C1. The second kappa shape index (κ2) is 6.74. The molecular formula is C14H17N3O4. The molecule has 112 valence electrons. The number of alkyl carbamates (subject to hydrolysis) is 1. The quantitative estimate of drug-likeness (QED) is 0.808. The highest BCUT2D eigenvalue weighted by atomic mass is 16.5. The van der Waals surface area contributed by atoms with Crippen molar-refractivity contribution in [2.75, 3.05) is 25.1 Å². The van der Waals surface area contributed by atoms with E-state index in [9.17, 15) is 9.59 Å². The van der Waals surface area contributed by atoms with E-state index in [-0.39, 0.29) is 6.04 Å². The molecule has 0 radical (unpaired) electrons. The van der Waals surface area contributed by atoms with Gasteiger partial charge in [0.15, 0.2) is 0 Å². The maximum atomic E-state index is 11.2. The molecule has 2 rings (SSSR count). The number of carbonyl (C=O) groups is 2. The fourth-order valence-electron chi connectivity index (χ4n) is 2.26. The molecule has 21 heavy (non-hydrogen) atoms. The van der Waals surface area contributed by atoms with E-state index < -0.39 is 12.1 Å². The summed E-state index contributed by atoms with van der Waals surface area (Å²) in [4.78, 5) is 28.2. The molecule has 1 amide bonds. The normalized spacial score (nSPS) is 18.0. The average molecular weight is 291 g/mol. The molecule has 1 aromatic heterocycles. The van der Waals surface area contributed by atoms with Crippen molar-refractivity contribution in [3.8, 4) is 0 Å².